The van der Waals surface area contributed by atoms with Crippen molar-refractivity contribution < 1.29 is 0 Å². The maximum absolute atomic E-state index is 4.02. The predicted molar refractivity (Wildman–Crippen MR) is 75.6 cm³/mol. The molecule has 1 heterocycles. The van der Waals surface area contributed by atoms with Crippen molar-refractivity contribution >= 4 is 39.0 Å². The number of hydrogen-bond acceptors (Lipinski definition) is 5. The number of benzene rings is 1. The lowest BCUT2D eigenvalue weighted by molar-refractivity contribution is 0.649. The molecule has 0 saturated carbocycles. The second kappa shape index (κ2) is 5.95. The van der Waals surface area contributed by atoms with Crippen LogP contribution in [0.2, 0.25) is 0 Å². The Morgan fingerprint density at radius 2 is 2.29 bits per heavy atom. The first-order chi connectivity index (χ1) is 8.20. The highest BCUT2D eigenvalue weighted by atomic mass is 79.9. The van der Waals surface area contributed by atoms with Crippen LogP contribution >= 0.6 is 39.0 Å². The minimum atomic E-state index is 0.338. The molecule has 1 unspecified atom stereocenters. The van der Waals surface area contributed by atoms with Crippen LogP contribution in [0, 0.1) is 0 Å². The van der Waals surface area contributed by atoms with Gasteiger partial charge in [0.2, 0.25) is 0 Å². The Morgan fingerprint density at radius 3 is 2.88 bits per heavy atom. The average molecular weight is 330 g/mol. The fourth-order valence-electron chi connectivity index (χ4n) is 1.39. The minimum absolute atomic E-state index is 0.338. The summed E-state index contributed by atoms with van der Waals surface area (Å²) in [6.07, 6.45) is 0. The maximum Gasteiger partial charge on any atom is 0.178 e. The van der Waals surface area contributed by atoms with E-state index in [1.54, 1.807) is 28.6 Å². The number of aromatic nitrogens is 2. The quantitative estimate of drug-likeness (QED) is 0.927. The van der Waals surface area contributed by atoms with E-state index in [1.807, 2.05) is 7.05 Å². The highest BCUT2D eigenvalue weighted by molar-refractivity contribution is 9.10. The molecule has 1 atom stereocenters. The van der Waals surface area contributed by atoms with E-state index in [4.69, 9.17) is 0 Å². The highest BCUT2D eigenvalue weighted by Gasteiger charge is 2.09. The molecule has 1 aromatic carbocycles. The standard InChI is InChI=1S/C11H12BrN3S2/c1-7(13-2)9-4-3-8(5-10(9)12)17-11-15-14-6-16-11/h3-7,13H,1-2H3. The molecule has 2 rings (SSSR count). The van der Waals surface area contributed by atoms with Gasteiger partial charge >= 0.3 is 0 Å². The molecule has 2 aromatic rings. The summed E-state index contributed by atoms with van der Waals surface area (Å²) in [5, 5.41) is 11.1. The van der Waals surface area contributed by atoms with Gasteiger partial charge in [-0.25, -0.2) is 0 Å². The van der Waals surface area contributed by atoms with Gasteiger partial charge in [0.25, 0.3) is 0 Å². The highest BCUT2D eigenvalue weighted by Crippen LogP contribution is 2.33. The monoisotopic (exact) mass is 329 g/mol. The van der Waals surface area contributed by atoms with Crippen molar-refractivity contribution in [2.45, 2.75) is 22.2 Å². The van der Waals surface area contributed by atoms with Crippen LogP contribution in [0.15, 0.2) is 37.4 Å². The van der Waals surface area contributed by atoms with Crippen LogP contribution in [0.25, 0.3) is 0 Å². The van der Waals surface area contributed by atoms with E-state index < -0.39 is 0 Å². The smallest absolute Gasteiger partial charge is 0.178 e. The summed E-state index contributed by atoms with van der Waals surface area (Å²) in [6.45, 7) is 2.14. The summed E-state index contributed by atoms with van der Waals surface area (Å²) in [4.78, 5) is 1.17. The van der Waals surface area contributed by atoms with Gasteiger partial charge in [0.05, 0.1) is 0 Å². The molecule has 0 amide bonds. The van der Waals surface area contributed by atoms with Crippen LogP contribution in [0.1, 0.15) is 18.5 Å². The van der Waals surface area contributed by atoms with Gasteiger partial charge in [-0.3, -0.25) is 0 Å². The van der Waals surface area contributed by atoms with Crippen LogP contribution in [0.5, 0.6) is 0 Å². The van der Waals surface area contributed by atoms with Crippen LogP contribution in [0.4, 0.5) is 0 Å². The average Bonchev–Trinajstić information content (AvgIpc) is 2.81. The molecule has 17 heavy (non-hydrogen) atoms. The van der Waals surface area contributed by atoms with Crippen LogP contribution in [-0.4, -0.2) is 17.2 Å². The fraction of sp³-hybridized carbons (Fsp3) is 0.273. The van der Waals surface area contributed by atoms with Gasteiger partial charge in [-0.05, 0) is 31.7 Å². The van der Waals surface area contributed by atoms with E-state index in [0.717, 1.165) is 8.81 Å². The van der Waals surface area contributed by atoms with E-state index in [2.05, 4.69) is 56.6 Å². The summed E-state index contributed by atoms with van der Waals surface area (Å²) >= 11 is 6.79. The minimum Gasteiger partial charge on any atom is -0.313 e. The largest absolute Gasteiger partial charge is 0.313 e. The van der Waals surface area contributed by atoms with Gasteiger partial charge in [-0.15, -0.1) is 10.2 Å². The first kappa shape index (κ1) is 13.0. The molecule has 0 spiro atoms. The van der Waals surface area contributed by atoms with Gasteiger partial charge in [0.1, 0.15) is 5.51 Å². The molecule has 0 aliphatic rings. The molecule has 0 fully saturated rings. The molecule has 1 aromatic heterocycles. The Morgan fingerprint density at radius 1 is 1.47 bits per heavy atom. The topological polar surface area (TPSA) is 37.8 Å². The maximum atomic E-state index is 4.02. The second-order valence-corrected chi connectivity index (χ2v) is 6.51. The molecule has 0 bridgehead atoms. The number of hydrogen-bond donors (Lipinski definition) is 1. The number of nitrogens with zero attached hydrogens (tertiary/aromatic N) is 2. The van der Waals surface area contributed by atoms with Crippen molar-refractivity contribution in [1.29, 1.82) is 0 Å². The van der Waals surface area contributed by atoms with Crippen LogP contribution in [-0.2, 0) is 0 Å². The van der Waals surface area contributed by atoms with Gasteiger partial charge in [-0.1, -0.05) is 45.1 Å². The molecule has 3 nitrogen and oxygen atoms in total. The van der Waals surface area contributed by atoms with Crippen LogP contribution < -0.4 is 5.32 Å². The third-order valence-corrected chi connectivity index (χ3v) is 4.87. The van der Waals surface area contributed by atoms with Crippen molar-refractivity contribution in [3.05, 3.63) is 33.7 Å². The molecule has 0 aliphatic carbocycles. The van der Waals surface area contributed by atoms with E-state index in [1.165, 1.54) is 10.5 Å². The Balaban J connectivity index is 2.19. The summed E-state index contributed by atoms with van der Waals surface area (Å²) in [7, 11) is 1.96. The van der Waals surface area contributed by atoms with Gasteiger partial charge < -0.3 is 5.32 Å². The van der Waals surface area contributed by atoms with E-state index in [0.29, 0.717) is 6.04 Å². The summed E-state index contributed by atoms with van der Waals surface area (Å²) in [5.74, 6) is 0. The third-order valence-electron chi connectivity index (χ3n) is 2.42. The zero-order valence-corrected chi connectivity index (χ0v) is 12.7. The molecule has 0 saturated heterocycles. The van der Waals surface area contributed by atoms with Crippen molar-refractivity contribution in [2.24, 2.45) is 0 Å². The fourth-order valence-corrected chi connectivity index (χ4v) is 3.75. The van der Waals surface area contributed by atoms with Gasteiger partial charge in [0, 0.05) is 15.4 Å². The van der Waals surface area contributed by atoms with E-state index >= 15 is 0 Å². The van der Waals surface area contributed by atoms with Gasteiger partial charge in [-0.2, -0.15) is 0 Å². The van der Waals surface area contributed by atoms with Gasteiger partial charge in [0.15, 0.2) is 4.34 Å². The van der Waals surface area contributed by atoms with Crippen molar-refractivity contribution in [3.63, 3.8) is 0 Å². The Kier molecular flexibility index (Phi) is 4.55. The van der Waals surface area contributed by atoms with Crippen molar-refractivity contribution in [3.8, 4) is 0 Å². The molecule has 6 heteroatoms. The molecule has 0 aliphatic heterocycles. The van der Waals surface area contributed by atoms with Crippen molar-refractivity contribution in [2.75, 3.05) is 7.05 Å². The summed E-state index contributed by atoms with van der Waals surface area (Å²) in [6, 6.07) is 6.70. The first-order valence-corrected chi connectivity index (χ1v) is 7.60. The summed E-state index contributed by atoms with van der Waals surface area (Å²) < 4.78 is 2.08. The number of halogens is 1. The molecule has 90 valence electrons. The molecular weight excluding hydrogens is 318 g/mol. The van der Waals surface area contributed by atoms with E-state index in [-0.39, 0.29) is 0 Å². The lowest BCUT2D eigenvalue weighted by atomic mass is 10.1. The number of rotatable bonds is 4. The SMILES string of the molecule is CNC(C)c1ccc(Sc2nncs2)cc1Br. The second-order valence-electron chi connectivity index (χ2n) is 3.50. The molecule has 0 radical (unpaired) electrons. The Bertz CT molecular complexity index is 487. The zero-order chi connectivity index (χ0) is 12.3. The lowest BCUT2D eigenvalue weighted by Crippen LogP contribution is -2.12. The lowest BCUT2D eigenvalue weighted by Gasteiger charge is -2.13. The molecular formula is C11H12BrN3S2. The van der Waals surface area contributed by atoms with E-state index in [9.17, 15) is 0 Å². The first-order valence-electron chi connectivity index (χ1n) is 5.11. The normalized spacial score (nSPS) is 12.6. The third kappa shape index (κ3) is 3.28. The van der Waals surface area contributed by atoms with Crippen LogP contribution in [0.3, 0.4) is 0 Å². The number of nitrogens with one attached hydrogen (secondary N) is 1. The predicted octanol–water partition coefficient (Wildman–Crippen LogP) is 3.73. The zero-order valence-electron chi connectivity index (χ0n) is 9.48. The summed E-state index contributed by atoms with van der Waals surface area (Å²) in [5.41, 5.74) is 3.00. The van der Waals surface area contributed by atoms with Crippen molar-refractivity contribution in [1.82, 2.24) is 15.5 Å². The molecule has 1 N–H and O–H groups in total. The Hall–Kier alpha value is -0.430. The Labute approximate surface area is 117 Å².